The summed E-state index contributed by atoms with van der Waals surface area (Å²) in [6.07, 6.45) is 3.36. The molecule has 1 aromatic heterocycles. The zero-order chi connectivity index (χ0) is 11.5. The summed E-state index contributed by atoms with van der Waals surface area (Å²) >= 11 is 0. The van der Waals surface area contributed by atoms with Gasteiger partial charge in [0, 0.05) is 23.5 Å². The van der Waals surface area contributed by atoms with Gasteiger partial charge in [-0.2, -0.15) is 5.10 Å². The summed E-state index contributed by atoms with van der Waals surface area (Å²) in [5.41, 5.74) is 5.68. The second-order valence-corrected chi connectivity index (χ2v) is 3.37. The highest BCUT2D eigenvalue weighted by molar-refractivity contribution is 5.92. The molecule has 5 heteroatoms. The molecule has 0 aliphatic carbocycles. The van der Waals surface area contributed by atoms with Gasteiger partial charge in [0.05, 0.1) is 6.54 Å². The Morgan fingerprint density at radius 1 is 1.50 bits per heavy atom. The van der Waals surface area contributed by atoms with Crippen LogP contribution in [0.25, 0.3) is 0 Å². The van der Waals surface area contributed by atoms with Gasteiger partial charge in [0.2, 0.25) is 5.91 Å². The number of carbonyl (C=O) groups is 1. The van der Waals surface area contributed by atoms with Crippen LogP contribution in [0.1, 0.15) is 15.9 Å². The Kier molecular flexibility index (Phi) is 2.68. The molecule has 82 valence electrons. The summed E-state index contributed by atoms with van der Waals surface area (Å²) in [6, 6.07) is 5.94. The highest BCUT2D eigenvalue weighted by Gasteiger charge is 2.07. The molecule has 0 saturated heterocycles. The molecule has 0 atom stereocenters. The molecular weight excluding hydrogens is 209 g/mol. The van der Waals surface area contributed by atoms with Gasteiger partial charge in [-0.3, -0.25) is 9.48 Å². The molecular formula is C11H10FN3O. The van der Waals surface area contributed by atoms with E-state index in [4.69, 9.17) is 5.73 Å². The molecule has 4 nitrogen and oxygen atoms in total. The van der Waals surface area contributed by atoms with Crippen LogP contribution in [0.15, 0.2) is 36.7 Å². The lowest BCUT2D eigenvalue weighted by atomic mass is 10.1. The first-order valence-electron chi connectivity index (χ1n) is 4.72. The van der Waals surface area contributed by atoms with E-state index in [1.807, 2.05) is 0 Å². The maximum absolute atomic E-state index is 13.6. The SMILES string of the molecule is NC(=O)c1ccc(Cn2cccn2)c(F)c1. The number of benzene rings is 1. The summed E-state index contributed by atoms with van der Waals surface area (Å²) in [7, 11) is 0. The third-order valence-electron chi connectivity index (χ3n) is 2.23. The molecule has 2 N–H and O–H groups in total. The van der Waals surface area contributed by atoms with Gasteiger partial charge in [-0.15, -0.1) is 0 Å². The maximum Gasteiger partial charge on any atom is 0.248 e. The highest BCUT2D eigenvalue weighted by Crippen LogP contribution is 2.11. The normalized spacial score (nSPS) is 10.3. The van der Waals surface area contributed by atoms with E-state index < -0.39 is 11.7 Å². The molecule has 0 bridgehead atoms. The number of primary amides is 1. The minimum Gasteiger partial charge on any atom is -0.366 e. The van der Waals surface area contributed by atoms with E-state index in [0.29, 0.717) is 12.1 Å². The van der Waals surface area contributed by atoms with Gasteiger partial charge in [-0.25, -0.2) is 4.39 Å². The van der Waals surface area contributed by atoms with Crippen molar-refractivity contribution in [2.75, 3.05) is 0 Å². The predicted molar refractivity (Wildman–Crippen MR) is 56.2 cm³/mol. The van der Waals surface area contributed by atoms with E-state index in [0.717, 1.165) is 6.07 Å². The lowest BCUT2D eigenvalue weighted by molar-refractivity contribution is 0.1000. The fourth-order valence-electron chi connectivity index (χ4n) is 1.40. The van der Waals surface area contributed by atoms with Crippen molar-refractivity contribution in [3.63, 3.8) is 0 Å². The Morgan fingerprint density at radius 3 is 2.88 bits per heavy atom. The van der Waals surface area contributed by atoms with Crippen LogP contribution >= 0.6 is 0 Å². The van der Waals surface area contributed by atoms with Crippen molar-refractivity contribution in [1.82, 2.24) is 9.78 Å². The zero-order valence-corrected chi connectivity index (χ0v) is 8.43. The molecule has 0 radical (unpaired) electrons. The lowest BCUT2D eigenvalue weighted by Crippen LogP contribution is -2.12. The third kappa shape index (κ3) is 2.08. The number of carbonyl (C=O) groups excluding carboxylic acids is 1. The molecule has 2 rings (SSSR count). The second-order valence-electron chi connectivity index (χ2n) is 3.37. The number of hydrogen-bond donors (Lipinski definition) is 1. The molecule has 1 aromatic carbocycles. The minimum absolute atomic E-state index is 0.168. The fourth-order valence-corrected chi connectivity index (χ4v) is 1.40. The number of nitrogens with zero attached hydrogens (tertiary/aromatic N) is 2. The molecule has 16 heavy (non-hydrogen) atoms. The molecule has 0 unspecified atom stereocenters. The molecule has 2 aromatic rings. The Balaban J connectivity index is 2.26. The summed E-state index contributed by atoms with van der Waals surface area (Å²) in [6.45, 7) is 0.331. The van der Waals surface area contributed by atoms with Crippen molar-refractivity contribution in [2.45, 2.75) is 6.54 Å². The number of hydrogen-bond acceptors (Lipinski definition) is 2. The van der Waals surface area contributed by atoms with Crippen LogP contribution in [-0.2, 0) is 6.54 Å². The van der Waals surface area contributed by atoms with Gasteiger partial charge in [0.1, 0.15) is 5.82 Å². The van der Waals surface area contributed by atoms with Crippen LogP contribution in [0.3, 0.4) is 0 Å². The minimum atomic E-state index is -0.635. The van der Waals surface area contributed by atoms with Crippen LogP contribution in [0.4, 0.5) is 4.39 Å². The summed E-state index contributed by atoms with van der Waals surface area (Å²) < 4.78 is 15.2. The van der Waals surface area contributed by atoms with Gasteiger partial charge in [-0.05, 0) is 18.2 Å². The molecule has 1 amide bonds. The number of aromatic nitrogens is 2. The van der Waals surface area contributed by atoms with Gasteiger partial charge >= 0.3 is 0 Å². The van der Waals surface area contributed by atoms with Crippen LogP contribution < -0.4 is 5.73 Å². The van der Waals surface area contributed by atoms with E-state index in [9.17, 15) is 9.18 Å². The summed E-state index contributed by atoms with van der Waals surface area (Å²) in [5.74, 6) is -1.09. The number of rotatable bonds is 3. The first-order chi connectivity index (χ1) is 7.66. The largest absolute Gasteiger partial charge is 0.366 e. The van der Waals surface area contributed by atoms with Crippen LogP contribution in [0.5, 0.6) is 0 Å². The maximum atomic E-state index is 13.6. The monoisotopic (exact) mass is 219 g/mol. The second kappa shape index (κ2) is 4.14. The van der Waals surface area contributed by atoms with Crippen molar-refractivity contribution in [3.8, 4) is 0 Å². The standard InChI is InChI=1S/C11H10FN3O/c12-10-6-8(11(13)16)2-3-9(10)7-15-5-1-4-14-15/h1-6H,7H2,(H2,13,16). The Hall–Kier alpha value is -2.17. The summed E-state index contributed by atoms with van der Waals surface area (Å²) in [5, 5.41) is 3.97. The molecule has 0 aliphatic heterocycles. The first-order valence-corrected chi connectivity index (χ1v) is 4.72. The predicted octanol–water partition coefficient (Wildman–Crippen LogP) is 1.17. The van der Waals surface area contributed by atoms with E-state index in [-0.39, 0.29) is 5.56 Å². The Morgan fingerprint density at radius 2 is 2.31 bits per heavy atom. The number of nitrogens with two attached hydrogens (primary N) is 1. The van der Waals surface area contributed by atoms with Crippen LogP contribution in [0.2, 0.25) is 0 Å². The van der Waals surface area contributed by atoms with Crippen LogP contribution in [-0.4, -0.2) is 15.7 Å². The van der Waals surface area contributed by atoms with Crippen molar-refractivity contribution in [1.29, 1.82) is 0 Å². The quantitative estimate of drug-likeness (QED) is 0.842. The third-order valence-corrected chi connectivity index (χ3v) is 2.23. The Bertz CT molecular complexity index is 508. The van der Waals surface area contributed by atoms with Gasteiger partial charge < -0.3 is 5.73 Å². The van der Waals surface area contributed by atoms with Crippen molar-refractivity contribution < 1.29 is 9.18 Å². The van der Waals surface area contributed by atoms with Gasteiger partial charge in [0.25, 0.3) is 0 Å². The highest BCUT2D eigenvalue weighted by atomic mass is 19.1. The van der Waals surface area contributed by atoms with Crippen molar-refractivity contribution >= 4 is 5.91 Å². The van der Waals surface area contributed by atoms with E-state index in [2.05, 4.69) is 5.10 Å². The number of amides is 1. The van der Waals surface area contributed by atoms with Gasteiger partial charge in [0.15, 0.2) is 0 Å². The van der Waals surface area contributed by atoms with Crippen molar-refractivity contribution in [2.24, 2.45) is 5.73 Å². The molecule has 0 spiro atoms. The fraction of sp³-hybridized carbons (Fsp3) is 0.0909. The average Bonchev–Trinajstić information content (AvgIpc) is 2.73. The zero-order valence-electron chi connectivity index (χ0n) is 8.43. The molecule has 0 saturated carbocycles. The van der Waals surface area contributed by atoms with E-state index in [1.54, 1.807) is 23.1 Å². The first kappa shape index (κ1) is 10.4. The van der Waals surface area contributed by atoms with Crippen LogP contribution in [0, 0.1) is 5.82 Å². The number of halogens is 1. The molecule has 1 heterocycles. The van der Waals surface area contributed by atoms with E-state index in [1.165, 1.54) is 12.1 Å². The molecule has 0 aliphatic rings. The Labute approximate surface area is 91.5 Å². The smallest absolute Gasteiger partial charge is 0.248 e. The average molecular weight is 219 g/mol. The van der Waals surface area contributed by atoms with Crippen molar-refractivity contribution in [3.05, 3.63) is 53.6 Å². The van der Waals surface area contributed by atoms with E-state index >= 15 is 0 Å². The lowest BCUT2D eigenvalue weighted by Gasteiger charge is -2.04. The van der Waals surface area contributed by atoms with Gasteiger partial charge in [-0.1, -0.05) is 6.07 Å². The summed E-state index contributed by atoms with van der Waals surface area (Å²) in [4.78, 5) is 10.8. The topological polar surface area (TPSA) is 60.9 Å². The molecule has 0 fully saturated rings.